The van der Waals surface area contributed by atoms with Crippen LogP contribution in [0.2, 0.25) is 0 Å². The van der Waals surface area contributed by atoms with E-state index in [1.165, 1.54) is 24.3 Å². The molecular formula is C37H49F3N6O2. The summed E-state index contributed by atoms with van der Waals surface area (Å²) in [6.45, 7) is 13.5. The molecule has 9 rings (SSSR count). The van der Waals surface area contributed by atoms with Crippen LogP contribution in [0, 0.1) is 11.7 Å². The molecule has 8 nitrogen and oxygen atoms in total. The van der Waals surface area contributed by atoms with Crippen molar-refractivity contribution in [2.45, 2.75) is 102 Å². The highest BCUT2D eigenvalue weighted by molar-refractivity contribution is 5.88. The summed E-state index contributed by atoms with van der Waals surface area (Å²) in [6.07, 6.45) is 6.01. The lowest BCUT2D eigenvalue weighted by Gasteiger charge is -2.39. The predicted molar refractivity (Wildman–Crippen MR) is 184 cm³/mol. The van der Waals surface area contributed by atoms with Gasteiger partial charge >= 0.3 is 5.69 Å². The molecule has 2 aromatic heterocycles. The largest absolute Gasteiger partial charge is 0.359 e. The number of anilines is 1. The molecule has 1 aromatic carbocycles. The number of halogens is 3. The van der Waals surface area contributed by atoms with E-state index < -0.39 is 35.0 Å². The van der Waals surface area contributed by atoms with Gasteiger partial charge in [0.05, 0.1) is 17.0 Å². The van der Waals surface area contributed by atoms with Crippen molar-refractivity contribution in [3.05, 3.63) is 80.3 Å². The zero-order valence-corrected chi connectivity index (χ0v) is 28.7. The Kier molecular flexibility index (Phi) is 9.91. The summed E-state index contributed by atoms with van der Waals surface area (Å²) in [5.41, 5.74) is -0.214. The van der Waals surface area contributed by atoms with E-state index in [-0.39, 0.29) is 41.7 Å². The van der Waals surface area contributed by atoms with E-state index in [1.54, 1.807) is 16.2 Å². The fourth-order valence-corrected chi connectivity index (χ4v) is 8.16. The average Bonchev–Trinajstić information content (AvgIpc) is 3.07. The highest BCUT2D eigenvalue weighted by Crippen LogP contribution is 2.44. The molecule has 0 saturated carbocycles. The van der Waals surface area contributed by atoms with E-state index in [0.29, 0.717) is 48.7 Å². The number of pyridine rings is 1. The first kappa shape index (κ1) is 34.4. The topological polar surface area (TPSA) is 75.4 Å². The molecule has 0 spiro atoms. The van der Waals surface area contributed by atoms with Gasteiger partial charge in [-0.25, -0.2) is 18.0 Å². The monoisotopic (exact) mass is 666 g/mol. The van der Waals surface area contributed by atoms with Gasteiger partial charge in [0.1, 0.15) is 17.3 Å². The maximum absolute atomic E-state index is 16.2. The predicted octanol–water partition coefficient (Wildman–Crippen LogP) is 6.54. The van der Waals surface area contributed by atoms with E-state index in [2.05, 4.69) is 47.5 Å². The molecule has 6 aliphatic rings. The van der Waals surface area contributed by atoms with Crippen LogP contribution in [0.1, 0.15) is 94.4 Å². The van der Waals surface area contributed by atoms with E-state index >= 15 is 13.2 Å². The third-order valence-electron chi connectivity index (χ3n) is 11.2. The molecule has 48 heavy (non-hydrogen) atoms. The molecule has 11 heteroatoms. The van der Waals surface area contributed by atoms with Crippen LogP contribution in [0.3, 0.4) is 0 Å². The van der Waals surface area contributed by atoms with Crippen molar-refractivity contribution in [1.82, 2.24) is 23.9 Å². The standard InChI is InChI=1S/C37H49F3N6O2/c1-6-31-27-11-9-12-30(32(27)38)37(39,40)26-15-20-45(21-16-26)24(4)10-7-8-17-46-34-29(33(41-31)42-36(46)48)22-28(35(47)43(34)5)25-13-18-44(19-14-25)23(2)3/h6,9,11-12,22-26,31H,1,7-8,10,13-21H2,2-5H3,(H,41,42,48)/t24?,31-/m1/s1. The summed E-state index contributed by atoms with van der Waals surface area (Å²) in [4.78, 5) is 36.7. The Balaban J connectivity index is 1.49. The van der Waals surface area contributed by atoms with Crippen molar-refractivity contribution in [2.75, 3.05) is 31.5 Å². The number of likely N-dealkylation sites (tertiary alicyclic amines) is 1. The van der Waals surface area contributed by atoms with Crippen molar-refractivity contribution >= 4 is 16.9 Å². The van der Waals surface area contributed by atoms with Gasteiger partial charge in [0.25, 0.3) is 11.5 Å². The number of hydrogen-bond acceptors (Lipinski definition) is 6. The SMILES string of the molecule is C=C[C@H]1Nc2nc(=O)n(c3c2cc(C2CCN(C(C)C)CC2)c(=O)n3C)CCCCC(C)N2CCC(CC2)C(F)(F)c2cccc1c2F. The van der Waals surface area contributed by atoms with Crippen LogP contribution in [-0.4, -0.2) is 62.2 Å². The average molecular weight is 667 g/mol. The molecule has 0 aliphatic carbocycles. The number of nitrogens with one attached hydrogen (secondary N) is 1. The van der Waals surface area contributed by atoms with Crippen LogP contribution in [0.15, 0.2) is 46.5 Å². The smallest absolute Gasteiger partial charge is 0.351 e. The van der Waals surface area contributed by atoms with Crippen LogP contribution in [0.5, 0.6) is 0 Å². The highest BCUT2D eigenvalue weighted by Gasteiger charge is 2.45. The third-order valence-corrected chi connectivity index (χ3v) is 11.2. The lowest BCUT2D eigenvalue weighted by Crippen LogP contribution is -2.43. The second kappa shape index (κ2) is 13.8. The summed E-state index contributed by atoms with van der Waals surface area (Å²) in [5.74, 6) is -5.11. The first-order valence-corrected chi connectivity index (χ1v) is 17.6. The van der Waals surface area contributed by atoms with Gasteiger partial charge in [0.2, 0.25) is 0 Å². The quantitative estimate of drug-likeness (QED) is 0.320. The molecule has 8 heterocycles. The van der Waals surface area contributed by atoms with Gasteiger partial charge in [0, 0.05) is 42.7 Å². The van der Waals surface area contributed by atoms with Gasteiger partial charge in [-0.15, -0.1) is 6.58 Å². The number of rotatable bonds is 3. The van der Waals surface area contributed by atoms with E-state index in [9.17, 15) is 9.59 Å². The van der Waals surface area contributed by atoms with Crippen molar-refractivity contribution in [2.24, 2.45) is 13.0 Å². The Labute approximate surface area is 280 Å². The van der Waals surface area contributed by atoms with E-state index in [1.807, 2.05) is 6.07 Å². The van der Waals surface area contributed by atoms with Crippen molar-refractivity contribution in [3.8, 4) is 0 Å². The van der Waals surface area contributed by atoms with E-state index in [0.717, 1.165) is 38.8 Å². The van der Waals surface area contributed by atoms with Crippen molar-refractivity contribution in [1.29, 1.82) is 0 Å². The van der Waals surface area contributed by atoms with Gasteiger partial charge in [-0.05, 0) is 97.5 Å². The number of piperidine rings is 2. The van der Waals surface area contributed by atoms with E-state index in [4.69, 9.17) is 0 Å². The van der Waals surface area contributed by atoms with Crippen molar-refractivity contribution < 1.29 is 13.2 Å². The van der Waals surface area contributed by atoms with Crippen LogP contribution in [-0.2, 0) is 19.5 Å². The Morgan fingerprint density at radius 3 is 2.38 bits per heavy atom. The number of nitrogens with zero attached hydrogens (tertiary/aromatic N) is 5. The normalized spacial score (nSPS) is 25.8. The highest BCUT2D eigenvalue weighted by atomic mass is 19.3. The minimum Gasteiger partial charge on any atom is -0.359 e. The lowest BCUT2D eigenvalue weighted by atomic mass is 9.84. The molecule has 2 fully saturated rings. The molecule has 0 radical (unpaired) electrons. The maximum atomic E-state index is 16.2. The molecule has 260 valence electrons. The van der Waals surface area contributed by atoms with Crippen LogP contribution >= 0.6 is 0 Å². The molecule has 1 unspecified atom stereocenters. The fourth-order valence-electron chi connectivity index (χ4n) is 8.16. The summed E-state index contributed by atoms with van der Waals surface area (Å²) < 4.78 is 51.5. The number of aryl methyl sites for hydroxylation is 2. The number of benzene rings is 1. The Morgan fingerprint density at radius 1 is 1.00 bits per heavy atom. The molecule has 3 aromatic rings. The van der Waals surface area contributed by atoms with Crippen LogP contribution in [0.25, 0.3) is 11.0 Å². The number of hydrogen-bond donors (Lipinski definition) is 1. The molecule has 0 amide bonds. The Bertz CT molecular complexity index is 1770. The van der Waals surface area contributed by atoms with Crippen LogP contribution in [0.4, 0.5) is 19.0 Å². The van der Waals surface area contributed by atoms with Crippen molar-refractivity contribution in [3.63, 3.8) is 0 Å². The zero-order chi connectivity index (χ0) is 34.3. The van der Waals surface area contributed by atoms with Gasteiger partial charge < -0.3 is 15.1 Å². The third kappa shape index (κ3) is 6.35. The number of alkyl halides is 2. The van der Waals surface area contributed by atoms with Gasteiger partial charge in [-0.1, -0.05) is 30.7 Å². The molecule has 6 bridgehead atoms. The zero-order valence-electron chi connectivity index (χ0n) is 28.7. The summed E-state index contributed by atoms with van der Waals surface area (Å²) in [6, 6.07) is 5.58. The Hall–Kier alpha value is -3.44. The second-order valence-corrected chi connectivity index (χ2v) is 14.3. The molecule has 6 aliphatic heterocycles. The van der Waals surface area contributed by atoms with Gasteiger partial charge in [-0.2, -0.15) is 4.98 Å². The van der Waals surface area contributed by atoms with Gasteiger partial charge in [0.15, 0.2) is 0 Å². The minimum atomic E-state index is -3.35. The maximum Gasteiger partial charge on any atom is 0.351 e. The minimum absolute atomic E-state index is 0.00335. The summed E-state index contributed by atoms with van der Waals surface area (Å²) in [5, 5.41) is 3.73. The van der Waals surface area contributed by atoms with Gasteiger partial charge in [-0.3, -0.25) is 13.9 Å². The first-order valence-electron chi connectivity index (χ1n) is 17.6. The second-order valence-electron chi connectivity index (χ2n) is 14.3. The molecule has 2 atom stereocenters. The Morgan fingerprint density at radius 2 is 1.71 bits per heavy atom. The molecule has 2 saturated heterocycles. The fraction of sp³-hybridized carbons (Fsp3) is 0.595. The summed E-state index contributed by atoms with van der Waals surface area (Å²) in [7, 11) is 1.69. The number of aromatic nitrogens is 3. The lowest BCUT2D eigenvalue weighted by molar-refractivity contribution is -0.0907. The first-order chi connectivity index (χ1) is 22.9. The van der Waals surface area contributed by atoms with Crippen LogP contribution < -0.4 is 16.6 Å². The molecular weight excluding hydrogens is 617 g/mol. The summed E-state index contributed by atoms with van der Waals surface area (Å²) >= 11 is 0. The molecule has 1 N–H and O–H groups in total.